The van der Waals surface area contributed by atoms with E-state index in [1.54, 1.807) is 22.6 Å². The van der Waals surface area contributed by atoms with Crippen LogP contribution in [0.3, 0.4) is 0 Å². The fourth-order valence-electron chi connectivity index (χ4n) is 3.51. The standard InChI is InChI=1S/C20H16Cl2N2O3/c21-13-4-1-11(2-5-13)9-16-19(25)17(20(26)27)14-6-3-12-7-8-24(22)10-15(12)18(14)23-16/h1-6,25H,7-10H2,(H,26,27). The fraction of sp³-hybridized carbons (Fsp3) is 0.200. The molecule has 1 aliphatic rings. The van der Waals surface area contributed by atoms with Gasteiger partial charge >= 0.3 is 5.97 Å². The lowest BCUT2D eigenvalue weighted by Gasteiger charge is -2.24. The van der Waals surface area contributed by atoms with Crippen LogP contribution in [0, 0.1) is 0 Å². The number of pyridine rings is 1. The third-order valence-electron chi connectivity index (χ3n) is 4.86. The number of carboxylic acid groups (broad SMARTS) is 1. The molecule has 0 aliphatic carbocycles. The van der Waals surface area contributed by atoms with Crippen molar-refractivity contribution >= 4 is 40.2 Å². The van der Waals surface area contributed by atoms with E-state index in [2.05, 4.69) is 4.98 Å². The van der Waals surface area contributed by atoms with Gasteiger partial charge < -0.3 is 10.2 Å². The molecular weight excluding hydrogens is 387 g/mol. The third-order valence-corrected chi connectivity index (χ3v) is 5.40. The predicted octanol–water partition coefficient (Wildman–Crippen LogP) is 4.39. The molecule has 7 heteroatoms. The molecule has 2 heterocycles. The molecule has 0 bridgehead atoms. The number of fused-ring (bicyclic) bond motifs is 3. The number of hydrogen-bond donors (Lipinski definition) is 2. The minimum absolute atomic E-state index is 0.126. The summed E-state index contributed by atoms with van der Waals surface area (Å²) in [5.41, 5.74) is 3.67. The number of carboxylic acids is 1. The van der Waals surface area contributed by atoms with Crippen LogP contribution in [0.4, 0.5) is 0 Å². The van der Waals surface area contributed by atoms with E-state index in [-0.39, 0.29) is 11.3 Å². The smallest absolute Gasteiger partial charge is 0.340 e. The van der Waals surface area contributed by atoms with E-state index in [1.165, 1.54) is 0 Å². The molecule has 4 rings (SSSR count). The Bertz CT molecular complexity index is 1050. The molecule has 0 atom stereocenters. The number of rotatable bonds is 3. The van der Waals surface area contributed by atoms with E-state index >= 15 is 0 Å². The van der Waals surface area contributed by atoms with Gasteiger partial charge in [0.05, 0.1) is 11.2 Å². The van der Waals surface area contributed by atoms with Gasteiger partial charge in [0, 0.05) is 29.9 Å². The Morgan fingerprint density at radius 2 is 1.93 bits per heavy atom. The van der Waals surface area contributed by atoms with Crippen molar-refractivity contribution in [1.29, 1.82) is 0 Å². The van der Waals surface area contributed by atoms with E-state index in [0.29, 0.717) is 34.6 Å². The molecule has 0 fully saturated rings. The van der Waals surface area contributed by atoms with Crippen molar-refractivity contribution in [2.75, 3.05) is 6.54 Å². The van der Waals surface area contributed by atoms with Gasteiger partial charge in [-0.25, -0.2) is 14.2 Å². The van der Waals surface area contributed by atoms with Crippen LogP contribution in [0.15, 0.2) is 36.4 Å². The summed E-state index contributed by atoms with van der Waals surface area (Å²) in [6.45, 7) is 1.20. The molecule has 0 radical (unpaired) electrons. The lowest BCUT2D eigenvalue weighted by atomic mass is 9.94. The monoisotopic (exact) mass is 402 g/mol. The molecule has 5 nitrogen and oxygen atoms in total. The average molecular weight is 403 g/mol. The van der Waals surface area contributed by atoms with Crippen molar-refractivity contribution in [2.24, 2.45) is 0 Å². The summed E-state index contributed by atoms with van der Waals surface area (Å²) in [5.74, 6) is -1.49. The van der Waals surface area contributed by atoms with Crippen molar-refractivity contribution < 1.29 is 15.0 Å². The molecule has 2 aromatic carbocycles. The maximum Gasteiger partial charge on any atom is 0.340 e. The van der Waals surface area contributed by atoms with Crippen LogP contribution >= 0.6 is 23.4 Å². The predicted molar refractivity (Wildman–Crippen MR) is 105 cm³/mol. The van der Waals surface area contributed by atoms with Crippen molar-refractivity contribution in [2.45, 2.75) is 19.4 Å². The molecule has 0 saturated heterocycles. The van der Waals surface area contributed by atoms with E-state index in [0.717, 1.165) is 29.7 Å². The molecule has 0 saturated carbocycles. The highest BCUT2D eigenvalue weighted by molar-refractivity contribution is 6.30. The van der Waals surface area contributed by atoms with Crippen LogP contribution in [-0.2, 0) is 19.4 Å². The van der Waals surface area contributed by atoms with Gasteiger partial charge in [-0.1, -0.05) is 35.9 Å². The Balaban J connectivity index is 1.93. The second-order valence-corrected chi connectivity index (χ2v) is 7.50. The number of aromatic hydroxyl groups is 1. The number of carbonyl (C=O) groups is 1. The topological polar surface area (TPSA) is 73.7 Å². The van der Waals surface area contributed by atoms with Gasteiger partial charge in [0.15, 0.2) is 5.75 Å². The molecule has 1 aromatic heterocycles. The van der Waals surface area contributed by atoms with Gasteiger partial charge in [0.1, 0.15) is 5.56 Å². The fourth-order valence-corrected chi connectivity index (χ4v) is 3.84. The van der Waals surface area contributed by atoms with Gasteiger partial charge in [0.25, 0.3) is 0 Å². The Morgan fingerprint density at radius 1 is 1.19 bits per heavy atom. The first-order chi connectivity index (χ1) is 12.9. The Morgan fingerprint density at radius 3 is 2.63 bits per heavy atom. The zero-order chi connectivity index (χ0) is 19.1. The number of halogens is 2. The highest BCUT2D eigenvalue weighted by Gasteiger charge is 2.25. The SMILES string of the molecule is O=C(O)c1c(O)c(Cc2ccc(Cl)cc2)nc2c3c(ccc12)CCN(Cl)C3. The number of aromatic nitrogens is 1. The molecule has 1 aliphatic heterocycles. The Labute approximate surface area is 165 Å². The first-order valence-electron chi connectivity index (χ1n) is 8.49. The van der Waals surface area contributed by atoms with Gasteiger partial charge in [-0.15, -0.1) is 0 Å². The highest BCUT2D eigenvalue weighted by atomic mass is 35.5. The van der Waals surface area contributed by atoms with E-state index in [1.807, 2.05) is 18.2 Å². The van der Waals surface area contributed by atoms with Crippen LogP contribution < -0.4 is 0 Å². The first kappa shape index (κ1) is 18.0. The summed E-state index contributed by atoms with van der Waals surface area (Å²) >= 11 is 12.1. The number of nitrogens with zero attached hydrogens (tertiary/aromatic N) is 2. The molecular formula is C20H16Cl2N2O3. The second kappa shape index (κ2) is 7.00. The maximum atomic E-state index is 11.9. The normalized spacial score (nSPS) is 14.3. The molecule has 138 valence electrons. The summed E-state index contributed by atoms with van der Waals surface area (Å²) in [5, 5.41) is 21.4. The summed E-state index contributed by atoms with van der Waals surface area (Å²) < 4.78 is 1.66. The molecule has 27 heavy (non-hydrogen) atoms. The second-order valence-electron chi connectivity index (χ2n) is 6.58. The lowest BCUT2D eigenvalue weighted by Crippen LogP contribution is -2.23. The van der Waals surface area contributed by atoms with Gasteiger partial charge in [-0.2, -0.15) is 0 Å². The zero-order valence-electron chi connectivity index (χ0n) is 14.2. The van der Waals surface area contributed by atoms with Crippen LogP contribution in [0.2, 0.25) is 5.02 Å². The molecule has 0 amide bonds. The number of aromatic carboxylic acids is 1. The van der Waals surface area contributed by atoms with Gasteiger partial charge in [-0.05, 0) is 47.0 Å². The summed E-state index contributed by atoms with van der Waals surface area (Å²) in [4.78, 5) is 16.5. The lowest BCUT2D eigenvalue weighted by molar-refractivity contribution is 0.0695. The summed E-state index contributed by atoms with van der Waals surface area (Å²) in [6.07, 6.45) is 1.07. The average Bonchev–Trinajstić information content (AvgIpc) is 2.64. The molecule has 0 unspecified atom stereocenters. The highest BCUT2D eigenvalue weighted by Crippen LogP contribution is 2.35. The summed E-state index contributed by atoms with van der Waals surface area (Å²) in [6, 6.07) is 10.8. The van der Waals surface area contributed by atoms with Gasteiger partial charge in [-0.3, -0.25) is 0 Å². The Kier molecular flexibility index (Phi) is 4.68. The van der Waals surface area contributed by atoms with Crippen molar-refractivity contribution in [3.05, 3.63) is 69.4 Å². The van der Waals surface area contributed by atoms with Crippen molar-refractivity contribution in [1.82, 2.24) is 9.40 Å². The first-order valence-corrected chi connectivity index (χ1v) is 9.20. The number of hydrogen-bond acceptors (Lipinski definition) is 4. The molecule has 3 aromatic rings. The summed E-state index contributed by atoms with van der Waals surface area (Å²) in [7, 11) is 0. The van der Waals surface area contributed by atoms with Gasteiger partial charge in [0.2, 0.25) is 0 Å². The van der Waals surface area contributed by atoms with E-state index < -0.39 is 5.97 Å². The van der Waals surface area contributed by atoms with Crippen molar-refractivity contribution in [3.8, 4) is 5.75 Å². The maximum absolute atomic E-state index is 11.9. The third kappa shape index (κ3) is 3.34. The van der Waals surface area contributed by atoms with Crippen LogP contribution in [0.1, 0.15) is 32.7 Å². The van der Waals surface area contributed by atoms with E-state index in [9.17, 15) is 15.0 Å². The minimum atomic E-state index is -1.18. The Hall–Kier alpha value is -2.34. The molecule has 0 spiro atoms. The quantitative estimate of drug-likeness (QED) is 0.635. The van der Waals surface area contributed by atoms with Crippen molar-refractivity contribution in [3.63, 3.8) is 0 Å². The minimum Gasteiger partial charge on any atom is -0.505 e. The molecule has 2 N–H and O–H groups in total. The van der Waals surface area contributed by atoms with Crippen LogP contribution in [-0.4, -0.2) is 32.1 Å². The largest absolute Gasteiger partial charge is 0.505 e. The van der Waals surface area contributed by atoms with E-state index in [4.69, 9.17) is 23.4 Å². The zero-order valence-corrected chi connectivity index (χ0v) is 15.8. The number of benzene rings is 2. The van der Waals surface area contributed by atoms with Crippen LogP contribution in [0.25, 0.3) is 10.9 Å². The van der Waals surface area contributed by atoms with Crippen LogP contribution in [0.5, 0.6) is 5.75 Å².